The second-order valence-electron chi connectivity index (χ2n) is 1.92. The molecule has 0 N–H and O–H groups in total. The van der Waals surface area contributed by atoms with Crippen molar-refractivity contribution in [2.45, 2.75) is 13.8 Å². The van der Waals surface area contributed by atoms with Crippen LogP contribution in [0.25, 0.3) is 0 Å². The molecular weight excluding hydrogens is 107 g/mol. The highest BCUT2D eigenvalue weighted by Gasteiger charge is 2.09. The average Bonchev–Trinajstić information content (AvgIpc) is 1.64. The van der Waals surface area contributed by atoms with Crippen molar-refractivity contribution in [3.8, 4) is 0 Å². The van der Waals surface area contributed by atoms with E-state index in [4.69, 9.17) is 0 Å². The summed E-state index contributed by atoms with van der Waals surface area (Å²) in [7, 11) is 0. The van der Waals surface area contributed by atoms with E-state index in [1.807, 2.05) is 0 Å². The summed E-state index contributed by atoms with van der Waals surface area (Å²) in [6, 6.07) is 0. The molecule has 0 unspecified atom stereocenters. The zero-order chi connectivity index (χ0) is 6.73. The highest BCUT2D eigenvalue weighted by Crippen LogP contribution is 2.03. The number of halogens is 1. The third kappa shape index (κ3) is 1.87. The van der Waals surface area contributed by atoms with Gasteiger partial charge in [-0.05, 0) is 0 Å². The molecule has 0 spiro atoms. The molecule has 0 atom stereocenters. The summed E-state index contributed by atoms with van der Waals surface area (Å²) >= 11 is 0. The summed E-state index contributed by atoms with van der Waals surface area (Å²) in [5.74, 6) is -1.63. The molecule has 0 aromatic heterocycles. The molecule has 0 radical (unpaired) electrons. The van der Waals surface area contributed by atoms with E-state index in [1.54, 1.807) is 13.8 Å². The molecule has 0 aliphatic carbocycles. The molecule has 0 aliphatic heterocycles. The van der Waals surface area contributed by atoms with Crippen LogP contribution in [0.1, 0.15) is 13.8 Å². The second kappa shape index (κ2) is 2.60. The third-order valence-corrected chi connectivity index (χ3v) is 0.792. The lowest BCUT2D eigenvalue weighted by atomic mass is 10.1. The van der Waals surface area contributed by atoms with Crippen molar-refractivity contribution >= 4 is 5.78 Å². The number of carbonyl (C=O) groups excluding carboxylic acids is 1. The van der Waals surface area contributed by atoms with Crippen LogP contribution in [0.5, 0.6) is 0 Å². The minimum atomic E-state index is -0.847. The van der Waals surface area contributed by atoms with Crippen LogP contribution in [-0.2, 0) is 4.79 Å². The maximum atomic E-state index is 11.8. The average molecular weight is 116 g/mol. The normalized spacial score (nSPS) is 9.50. The summed E-state index contributed by atoms with van der Waals surface area (Å²) in [5.41, 5.74) is 0. The first-order valence-electron chi connectivity index (χ1n) is 2.44. The lowest BCUT2D eigenvalue weighted by molar-refractivity contribution is -0.119. The SMILES string of the molecule is C=C(F)C(=O)C(C)C. The lowest BCUT2D eigenvalue weighted by Gasteiger charge is -1.96. The highest BCUT2D eigenvalue weighted by molar-refractivity contribution is 5.93. The molecule has 8 heavy (non-hydrogen) atoms. The van der Waals surface area contributed by atoms with Crippen LogP contribution in [0.2, 0.25) is 0 Å². The van der Waals surface area contributed by atoms with Gasteiger partial charge in [-0.1, -0.05) is 20.4 Å². The number of carbonyl (C=O) groups is 1. The first-order valence-corrected chi connectivity index (χ1v) is 2.44. The van der Waals surface area contributed by atoms with Crippen LogP contribution in [-0.4, -0.2) is 5.78 Å². The maximum Gasteiger partial charge on any atom is 0.193 e. The first kappa shape index (κ1) is 7.34. The van der Waals surface area contributed by atoms with Gasteiger partial charge < -0.3 is 0 Å². The summed E-state index contributed by atoms with van der Waals surface area (Å²) in [4.78, 5) is 10.4. The quantitative estimate of drug-likeness (QED) is 0.502. The lowest BCUT2D eigenvalue weighted by Crippen LogP contribution is -2.05. The van der Waals surface area contributed by atoms with Crippen LogP contribution >= 0.6 is 0 Å². The van der Waals surface area contributed by atoms with Gasteiger partial charge in [0.05, 0.1) is 0 Å². The summed E-state index contributed by atoms with van der Waals surface area (Å²) in [6.07, 6.45) is 0. The molecule has 0 aromatic carbocycles. The van der Waals surface area contributed by atoms with Crippen LogP contribution < -0.4 is 0 Å². The van der Waals surface area contributed by atoms with Gasteiger partial charge in [-0.3, -0.25) is 4.79 Å². The molecule has 0 saturated carbocycles. The molecule has 46 valence electrons. The van der Waals surface area contributed by atoms with Crippen molar-refractivity contribution in [1.29, 1.82) is 0 Å². The van der Waals surface area contributed by atoms with Gasteiger partial charge >= 0.3 is 0 Å². The summed E-state index contributed by atoms with van der Waals surface area (Å²) in [6.45, 7) is 6.12. The molecule has 0 saturated heterocycles. The zero-order valence-electron chi connectivity index (χ0n) is 5.07. The Hall–Kier alpha value is -0.660. The minimum Gasteiger partial charge on any atom is -0.291 e. The molecule has 0 aromatic rings. The Labute approximate surface area is 48.2 Å². The van der Waals surface area contributed by atoms with Gasteiger partial charge in [0.1, 0.15) is 0 Å². The Bertz CT molecular complexity index is 116. The number of ketones is 1. The Balaban J connectivity index is 3.84. The summed E-state index contributed by atoms with van der Waals surface area (Å²) in [5, 5.41) is 0. The molecule has 1 nitrogen and oxygen atoms in total. The number of rotatable bonds is 2. The molecule has 0 amide bonds. The van der Waals surface area contributed by atoms with E-state index in [-0.39, 0.29) is 5.92 Å². The second-order valence-corrected chi connectivity index (χ2v) is 1.92. The fraction of sp³-hybridized carbons (Fsp3) is 0.500. The van der Waals surface area contributed by atoms with Crippen LogP contribution in [0.4, 0.5) is 4.39 Å². The Kier molecular flexibility index (Phi) is 2.38. The molecule has 0 rings (SSSR count). The van der Waals surface area contributed by atoms with Gasteiger partial charge in [-0.15, -0.1) is 0 Å². The van der Waals surface area contributed by atoms with Crippen LogP contribution in [0.3, 0.4) is 0 Å². The smallest absolute Gasteiger partial charge is 0.193 e. The van der Waals surface area contributed by atoms with E-state index >= 15 is 0 Å². The predicted molar refractivity (Wildman–Crippen MR) is 30.1 cm³/mol. The molecule has 2 heteroatoms. The number of hydrogen-bond donors (Lipinski definition) is 0. The molecule has 0 heterocycles. The van der Waals surface area contributed by atoms with Crippen LogP contribution in [0, 0.1) is 5.92 Å². The fourth-order valence-electron chi connectivity index (χ4n) is 0.313. The molecular formula is C6H9FO. The van der Waals surface area contributed by atoms with Gasteiger partial charge in [0.25, 0.3) is 0 Å². The van der Waals surface area contributed by atoms with Crippen molar-refractivity contribution in [2.75, 3.05) is 0 Å². The minimum absolute atomic E-state index is 0.271. The highest BCUT2D eigenvalue weighted by atomic mass is 19.1. The van der Waals surface area contributed by atoms with Crippen molar-refractivity contribution in [1.82, 2.24) is 0 Å². The van der Waals surface area contributed by atoms with E-state index < -0.39 is 11.6 Å². The predicted octanol–water partition coefficient (Wildman–Crippen LogP) is 1.69. The Morgan fingerprint density at radius 3 is 2.00 bits per heavy atom. The maximum absolute atomic E-state index is 11.8. The fourth-order valence-corrected chi connectivity index (χ4v) is 0.313. The molecule has 0 aliphatic rings. The Morgan fingerprint density at radius 1 is 1.62 bits per heavy atom. The van der Waals surface area contributed by atoms with Gasteiger partial charge in [0.15, 0.2) is 11.6 Å². The van der Waals surface area contributed by atoms with Crippen molar-refractivity contribution in [2.24, 2.45) is 5.92 Å². The van der Waals surface area contributed by atoms with E-state index in [9.17, 15) is 9.18 Å². The van der Waals surface area contributed by atoms with E-state index in [2.05, 4.69) is 6.58 Å². The molecule has 0 fully saturated rings. The van der Waals surface area contributed by atoms with Gasteiger partial charge in [0, 0.05) is 5.92 Å². The largest absolute Gasteiger partial charge is 0.291 e. The first-order chi connectivity index (χ1) is 3.55. The van der Waals surface area contributed by atoms with Gasteiger partial charge in [-0.2, -0.15) is 0 Å². The topological polar surface area (TPSA) is 17.1 Å². The number of hydrogen-bond acceptors (Lipinski definition) is 1. The number of allylic oxidation sites excluding steroid dienone is 1. The van der Waals surface area contributed by atoms with Crippen molar-refractivity contribution < 1.29 is 9.18 Å². The van der Waals surface area contributed by atoms with E-state index in [0.717, 1.165) is 0 Å². The zero-order valence-corrected chi connectivity index (χ0v) is 5.07. The van der Waals surface area contributed by atoms with Gasteiger partial charge in [0.2, 0.25) is 0 Å². The number of Topliss-reactive ketones (excluding diaryl/α,β-unsaturated/α-hetero) is 1. The van der Waals surface area contributed by atoms with Crippen molar-refractivity contribution in [3.63, 3.8) is 0 Å². The van der Waals surface area contributed by atoms with Crippen LogP contribution in [0.15, 0.2) is 12.4 Å². The summed E-state index contributed by atoms with van der Waals surface area (Å²) < 4.78 is 11.8. The Morgan fingerprint density at radius 2 is 2.00 bits per heavy atom. The van der Waals surface area contributed by atoms with E-state index in [1.165, 1.54) is 0 Å². The van der Waals surface area contributed by atoms with Gasteiger partial charge in [-0.25, -0.2) is 4.39 Å². The third-order valence-electron chi connectivity index (χ3n) is 0.792. The molecule has 0 bridgehead atoms. The van der Waals surface area contributed by atoms with E-state index in [0.29, 0.717) is 0 Å². The van der Waals surface area contributed by atoms with Crippen molar-refractivity contribution in [3.05, 3.63) is 12.4 Å². The standard InChI is InChI=1S/C6H9FO/c1-4(2)6(8)5(3)7/h4H,3H2,1-2H3. The monoisotopic (exact) mass is 116 g/mol.